The molecule has 2 aromatic heterocycles. The average molecular weight is 421 g/mol. The molecule has 3 aromatic rings. The number of rotatable bonds is 7. The number of nitrogens with zero attached hydrogens (tertiary/aromatic N) is 3. The van der Waals surface area contributed by atoms with Crippen molar-refractivity contribution in [1.82, 2.24) is 25.7 Å². The molecule has 0 radical (unpaired) electrons. The van der Waals surface area contributed by atoms with Gasteiger partial charge in [-0.3, -0.25) is 10.7 Å². The quantitative estimate of drug-likeness (QED) is 0.228. The van der Waals surface area contributed by atoms with Crippen LogP contribution in [0.15, 0.2) is 35.5 Å². The van der Waals surface area contributed by atoms with Gasteiger partial charge in [0.2, 0.25) is 0 Å². The number of amidine groups is 1. The number of aromatic amines is 1. The van der Waals surface area contributed by atoms with Crippen LogP contribution in [0.5, 0.6) is 0 Å². The molecule has 0 atom stereocenters. The summed E-state index contributed by atoms with van der Waals surface area (Å²) in [5.74, 6) is 0.228. The number of H-pyrrole nitrogens is 1. The van der Waals surface area contributed by atoms with Crippen LogP contribution in [0.2, 0.25) is 5.02 Å². The van der Waals surface area contributed by atoms with Gasteiger partial charge in [-0.05, 0) is 24.3 Å². The summed E-state index contributed by atoms with van der Waals surface area (Å²) >= 11 is 5.80. The van der Waals surface area contributed by atoms with Crippen molar-refractivity contribution < 1.29 is 14.7 Å². The number of benzene rings is 1. The fourth-order valence-corrected chi connectivity index (χ4v) is 2.82. The molecule has 0 bridgehead atoms. The van der Waals surface area contributed by atoms with E-state index in [-0.39, 0.29) is 22.9 Å². The first-order valence-electron chi connectivity index (χ1n) is 8.92. The number of aliphatic imine (C=N–C) groups is 1. The zero-order valence-corrected chi connectivity index (χ0v) is 16.8. The lowest BCUT2D eigenvalue weighted by Crippen LogP contribution is -2.32. The molecule has 0 unspecified atom stereocenters. The zero-order chi connectivity index (χ0) is 21.0. The SMILES string of the molecule is CC(C)(CO)CNCc1nc2nccc(C(=Nc3ccc(F)c(Cl)c3)NO)c2[nH]1. The van der Waals surface area contributed by atoms with E-state index in [1.807, 2.05) is 13.8 Å². The van der Waals surface area contributed by atoms with Gasteiger partial charge in [-0.25, -0.2) is 19.4 Å². The Morgan fingerprint density at radius 1 is 1.34 bits per heavy atom. The van der Waals surface area contributed by atoms with Gasteiger partial charge < -0.3 is 15.4 Å². The van der Waals surface area contributed by atoms with E-state index in [9.17, 15) is 14.7 Å². The van der Waals surface area contributed by atoms with Gasteiger partial charge in [-0.15, -0.1) is 0 Å². The number of hydrogen-bond donors (Lipinski definition) is 5. The molecule has 0 saturated carbocycles. The molecule has 3 rings (SSSR count). The molecule has 154 valence electrons. The van der Waals surface area contributed by atoms with Crippen LogP contribution >= 0.6 is 11.6 Å². The first-order valence-corrected chi connectivity index (χ1v) is 9.30. The van der Waals surface area contributed by atoms with Crippen LogP contribution in [0.4, 0.5) is 10.1 Å². The van der Waals surface area contributed by atoms with Crippen LogP contribution in [-0.2, 0) is 6.54 Å². The molecule has 2 heterocycles. The average Bonchev–Trinajstić information content (AvgIpc) is 3.11. The first-order chi connectivity index (χ1) is 13.8. The topological polar surface area (TPSA) is 118 Å². The molecular formula is C19H22ClFN6O2. The number of hydrogen-bond acceptors (Lipinski definition) is 6. The number of imidazole rings is 1. The van der Waals surface area contributed by atoms with Crippen molar-refractivity contribution in [3.63, 3.8) is 0 Å². The molecule has 0 fully saturated rings. The maximum absolute atomic E-state index is 13.4. The van der Waals surface area contributed by atoms with Crippen LogP contribution in [0.3, 0.4) is 0 Å². The number of nitrogens with one attached hydrogen (secondary N) is 3. The lowest BCUT2D eigenvalue weighted by atomic mass is 9.95. The maximum Gasteiger partial charge on any atom is 0.178 e. The van der Waals surface area contributed by atoms with E-state index in [1.54, 1.807) is 12.3 Å². The molecule has 8 nitrogen and oxygen atoms in total. The van der Waals surface area contributed by atoms with E-state index in [1.165, 1.54) is 18.2 Å². The Morgan fingerprint density at radius 3 is 2.83 bits per heavy atom. The van der Waals surface area contributed by atoms with E-state index in [0.29, 0.717) is 41.3 Å². The highest BCUT2D eigenvalue weighted by Crippen LogP contribution is 2.23. The zero-order valence-electron chi connectivity index (χ0n) is 16.0. The molecule has 10 heteroatoms. The minimum atomic E-state index is -0.550. The predicted octanol–water partition coefficient (Wildman–Crippen LogP) is 2.92. The Labute approximate surface area is 171 Å². The summed E-state index contributed by atoms with van der Waals surface area (Å²) in [6.07, 6.45) is 1.55. The lowest BCUT2D eigenvalue weighted by molar-refractivity contribution is 0.156. The minimum absolute atomic E-state index is 0.0656. The molecule has 1 aromatic carbocycles. The molecule has 5 N–H and O–H groups in total. The van der Waals surface area contributed by atoms with E-state index >= 15 is 0 Å². The summed E-state index contributed by atoms with van der Waals surface area (Å²) in [5.41, 5.74) is 3.77. The second-order valence-electron chi connectivity index (χ2n) is 7.34. The summed E-state index contributed by atoms with van der Waals surface area (Å²) in [6, 6.07) is 5.67. The molecular weight excluding hydrogens is 399 g/mol. The van der Waals surface area contributed by atoms with Gasteiger partial charge in [0.05, 0.1) is 22.8 Å². The third-order valence-corrected chi connectivity index (χ3v) is 4.56. The summed E-state index contributed by atoms with van der Waals surface area (Å²) in [4.78, 5) is 16.2. The smallest absolute Gasteiger partial charge is 0.178 e. The third kappa shape index (κ3) is 5.07. The second-order valence-corrected chi connectivity index (χ2v) is 7.74. The van der Waals surface area contributed by atoms with Gasteiger partial charge in [0.15, 0.2) is 11.5 Å². The van der Waals surface area contributed by atoms with Crippen molar-refractivity contribution >= 4 is 34.3 Å². The fourth-order valence-electron chi connectivity index (χ4n) is 2.64. The van der Waals surface area contributed by atoms with E-state index < -0.39 is 5.82 Å². The summed E-state index contributed by atoms with van der Waals surface area (Å²) in [7, 11) is 0. The standard InChI is InChI=1S/C19H22ClFN6O2/c1-19(2,10-28)9-22-8-15-25-16-12(5-6-23-18(16)26-15)17(27-29)24-11-3-4-14(21)13(20)7-11/h3-7,22,28-29H,8-10H2,1-2H3,(H,24,27)(H,23,25,26). The minimum Gasteiger partial charge on any atom is -0.396 e. The highest BCUT2D eigenvalue weighted by atomic mass is 35.5. The maximum atomic E-state index is 13.4. The highest BCUT2D eigenvalue weighted by Gasteiger charge is 2.17. The number of aliphatic hydroxyl groups excluding tert-OH is 1. The number of hydroxylamine groups is 1. The van der Waals surface area contributed by atoms with Crippen molar-refractivity contribution in [3.05, 3.63) is 52.7 Å². The van der Waals surface area contributed by atoms with Gasteiger partial charge in [0.1, 0.15) is 11.6 Å². The van der Waals surface area contributed by atoms with Gasteiger partial charge in [0, 0.05) is 30.3 Å². The number of pyridine rings is 1. The van der Waals surface area contributed by atoms with E-state index in [4.69, 9.17) is 11.6 Å². The predicted molar refractivity (Wildman–Crippen MR) is 109 cm³/mol. The Bertz CT molecular complexity index is 1040. The molecule has 29 heavy (non-hydrogen) atoms. The van der Waals surface area contributed by atoms with Crippen molar-refractivity contribution in [3.8, 4) is 0 Å². The Kier molecular flexibility index (Phi) is 6.43. The van der Waals surface area contributed by atoms with Gasteiger partial charge in [-0.2, -0.15) is 0 Å². The van der Waals surface area contributed by atoms with Crippen LogP contribution < -0.4 is 10.8 Å². The van der Waals surface area contributed by atoms with Gasteiger partial charge in [0.25, 0.3) is 0 Å². The number of halogens is 2. The monoisotopic (exact) mass is 420 g/mol. The van der Waals surface area contributed by atoms with Crippen molar-refractivity contribution in [2.75, 3.05) is 13.2 Å². The van der Waals surface area contributed by atoms with Crippen LogP contribution in [0.25, 0.3) is 11.2 Å². The molecule has 0 amide bonds. The normalized spacial score (nSPS) is 12.6. The summed E-state index contributed by atoms with van der Waals surface area (Å²) in [5, 5.41) is 22.1. The van der Waals surface area contributed by atoms with E-state index in [2.05, 4.69) is 30.7 Å². The molecule has 0 saturated heterocycles. The van der Waals surface area contributed by atoms with Crippen molar-refractivity contribution in [2.45, 2.75) is 20.4 Å². The van der Waals surface area contributed by atoms with Gasteiger partial charge in [-0.1, -0.05) is 25.4 Å². The second kappa shape index (κ2) is 8.83. The van der Waals surface area contributed by atoms with Crippen molar-refractivity contribution in [2.24, 2.45) is 10.4 Å². The summed E-state index contributed by atoms with van der Waals surface area (Å²) in [6.45, 7) is 5.04. The number of fused-ring (bicyclic) bond motifs is 1. The Balaban J connectivity index is 1.89. The first kappa shape index (κ1) is 21.1. The van der Waals surface area contributed by atoms with Gasteiger partial charge >= 0.3 is 0 Å². The number of aromatic nitrogens is 3. The van der Waals surface area contributed by atoms with E-state index in [0.717, 1.165) is 0 Å². The lowest BCUT2D eigenvalue weighted by Gasteiger charge is -2.21. The van der Waals surface area contributed by atoms with Crippen molar-refractivity contribution in [1.29, 1.82) is 0 Å². The fraction of sp³-hybridized carbons (Fsp3) is 0.316. The van der Waals surface area contributed by atoms with Crippen LogP contribution in [0, 0.1) is 11.2 Å². The molecule has 0 aliphatic heterocycles. The molecule has 0 spiro atoms. The number of aliphatic hydroxyl groups is 1. The molecule has 0 aliphatic carbocycles. The van der Waals surface area contributed by atoms with Crippen LogP contribution in [-0.4, -0.2) is 44.3 Å². The Morgan fingerprint density at radius 2 is 2.14 bits per heavy atom. The Hall–Kier alpha value is -2.59. The summed E-state index contributed by atoms with van der Waals surface area (Å²) < 4.78 is 13.4. The highest BCUT2D eigenvalue weighted by molar-refractivity contribution is 6.31. The molecule has 0 aliphatic rings. The third-order valence-electron chi connectivity index (χ3n) is 4.27. The largest absolute Gasteiger partial charge is 0.396 e. The van der Waals surface area contributed by atoms with Crippen LogP contribution in [0.1, 0.15) is 25.2 Å².